The lowest BCUT2D eigenvalue weighted by Gasteiger charge is -2.10. The van der Waals surface area contributed by atoms with Crippen LogP contribution >= 0.6 is 0 Å². The minimum Gasteiger partial charge on any atom is -0.495 e. The van der Waals surface area contributed by atoms with Gasteiger partial charge in [-0.2, -0.15) is 0 Å². The second-order valence-corrected chi connectivity index (χ2v) is 4.45. The maximum atomic E-state index is 12.1. The quantitative estimate of drug-likeness (QED) is 0.830. The molecular weight excluding hydrogens is 288 g/mol. The number of carbonyl (C=O) groups is 2. The van der Waals surface area contributed by atoms with Gasteiger partial charge in [-0.3, -0.25) is 4.79 Å². The Kier molecular flexibility index (Phi) is 4.72. The summed E-state index contributed by atoms with van der Waals surface area (Å²) in [5, 5.41) is 19.0. The Labute approximate surface area is 126 Å². The topological polar surface area (TPSA) is 106 Å². The van der Waals surface area contributed by atoms with E-state index in [9.17, 15) is 9.59 Å². The maximum absolute atomic E-state index is 12.1. The van der Waals surface area contributed by atoms with Crippen LogP contribution in [-0.4, -0.2) is 39.1 Å². The zero-order chi connectivity index (χ0) is 16.1. The molecule has 0 aliphatic rings. The first-order valence-electron chi connectivity index (χ1n) is 6.65. The number of benzene rings is 1. The monoisotopic (exact) mass is 304 g/mol. The molecule has 116 valence electrons. The number of hydrogen-bond donors (Lipinski definition) is 2. The molecule has 1 amide bonds. The first-order chi connectivity index (χ1) is 10.6. The van der Waals surface area contributed by atoms with Crippen LogP contribution in [0.15, 0.2) is 24.3 Å². The smallest absolute Gasteiger partial charge is 0.358 e. The minimum atomic E-state index is -1.16. The van der Waals surface area contributed by atoms with E-state index in [1.807, 2.05) is 0 Å². The molecule has 1 aromatic heterocycles. The largest absolute Gasteiger partial charge is 0.495 e. The summed E-state index contributed by atoms with van der Waals surface area (Å²) in [4.78, 5) is 23.1. The van der Waals surface area contributed by atoms with Gasteiger partial charge in [0.1, 0.15) is 12.3 Å². The fourth-order valence-corrected chi connectivity index (χ4v) is 2.05. The van der Waals surface area contributed by atoms with Gasteiger partial charge in [-0.05, 0) is 18.6 Å². The predicted octanol–water partition coefficient (Wildman–Crippen LogP) is 1.19. The van der Waals surface area contributed by atoms with Crippen LogP contribution in [0.5, 0.6) is 5.75 Å². The summed E-state index contributed by atoms with van der Waals surface area (Å²) in [6.07, 6.45) is 0.413. The molecule has 2 aromatic rings. The summed E-state index contributed by atoms with van der Waals surface area (Å²) in [6.45, 7) is 1.65. The second-order valence-electron chi connectivity index (χ2n) is 4.45. The second kappa shape index (κ2) is 6.70. The van der Waals surface area contributed by atoms with E-state index in [0.29, 0.717) is 23.6 Å². The van der Waals surface area contributed by atoms with Crippen molar-refractivity contribution in [3.05, 3.63) is 35.7 Å². The Balaban J connectivity index is 2.14. The third-order valence-electron chi connectivity index (χ3n) is 3.05. The van der Waals surface area contributed by atoms with Crippen LogP contribution in [0.1, 0.15) is 23.1 Å². The number of aromatic carboxylic acids is 1. The Morgan fingerprint density at radius 3 is 2.73 bits per heavy atom. The molecule has 1 aromatic carbocycles. The number of nitrogens with zero attached hydrogens (tertiary/aromatic N) is 3. The number of carboxylic acids is 1. The van der Waals surface area contributed by atoms with Gasteiger partial charge in [-0.25, -0.2) is 9.48 Å². The Hall–Kier alpha value is -2.90. The number of amides is 1. The number of ether oxygens (including phenoxy) is 1. The molecule has 8 nitrogen and oxygen atoms in total. The Morgan fingerprint density at radius 1 is 1.36 bits per heavy atom. The standard InChI is InChI=1S/C14H16N4O4/c1-3-10-13(14(20)21)16-17-18(10)8-12(19)15-9-6-4-5-7-11(9)22-2/h4-7H,3,8H2,1-2H3,(H,15,19)(H,20,21). The molecule has 8 heteroatoms. The van der Waals surface area contributed by atoms with E-state index in [1.165, 1.54) is 11.8 Å². The summed E-state index contributed by atoms with van der Waals surface area (Å²) in [5.41, 5.74) is 0.807. The van der Waals surface area contributed by atoms with Crippen molar-refractivity contribution in [1.29, 1.82) is 0 Å². The zero-order valence-corrected chi connectivity index (χ0v) is 12.2. The average molecular weight is 304 g/mol. The molecule has 0 atom stereocenters. The van der Waals surface area contributed by atoms with Gasteiger partial charge in [-0.1, -0.05) is 24.3 Å². The lowest BCUT2D eigenvalue weighted by molar-refractivity contribution is -0.117. The number of anilines is 1. The van der Waals surface area contributed by atoms with Crippen LogP contribution in [0.4, 0.5) is 5.69 Å². The first kappa shape index (κ1) is 15.5. The summed E-state index contributed by atoms with van der Waals surface area (Å²) in [5.74, 6) is -0.967. The summed E-state index contributed by atoms with van der Waals surface area (Å²) < 4.78 is 6.44. The third kappa shape index (κ3) is 3.22. The number of carboxylic acid groups (broad SMARTS) is 1. The van der Waals surface area contributed by atoms with Gasteiger partial charge in [-0.15, -0.1) is 5.10 Å². The molecule has 2 N–H and O–H groups in total. The number of nitrogens with one attached hydrogen (secondary N) is 1. The van der Waals surface area contributed by atoms with Crippen LogP contribution in [0.3, 0.4) is 0 Å². The van der Waals surface area contributed by atoms with Crippen LogP contribution in [-0.2, 0) is 17.8 Å². The number of hydrogen-bond acceptors (Lipinski definition) is 5. The van der Waals surface area contributed by atoms with Gasteiger partial charge in [0.15, 0.2) is 5.69 Å². The highest BCUT2D eigenvalue weighted by Gasteiger charge is 2.19. The number of para-hydroxylation sites is 2. The van der Waals surface area contributed by atoms with Crippen molar-refractivity contribution in [1.82, 2.24) is 15.0 Å². The highest BCUT2D eigenvalue weighted by Crippen LogP contribution is 2.22. The summed E-state index contributed by atoms with van der Waals surface area (Å²) in [6, 6.07) is 7.00. The average Bonchev–Trinajstić information content (AvgIpc) is 2.90. The van der Waals surface area contributed by atoms with E-state index >= 15 is 0 Å². The minimum absolute atomic E-state index is 0.124. The highest BCUT2D eigenvalue weighted by atomic mass is 16.5. The molecule has 0 aliphatic heterocycles. The number of aromatic nitrogens is 3. The van der Waals surface area contributed by atoms with Gasteiger partial charge in [0.05, 0.1) is 18.5 Å². The van der Waals surface area contributed by atoms with Crippen molar-refractivity contribution in [2.24, 2.45) is 0 Å². The third-order valence-corrected chi connectivity index (χ3v) is 3.05. The van der Waals surface area contributed by atoms with E-state index in [4.69, 9.17) is 9.84 Å². The maximum Gasteiger partial charge on any atom is 0.358 e. The Morgan fingerprint density at radius 2 is 2.09 bits per heavy atom. The van der Waals surface area contributed by atoms with Crippen LogP contribution in [0.25, 0.3) is 0 Å². The molecular formula is C14H16N4O4. The van der Waals surface area contributed by atoms with Crippen molar-refractivity contribution in [3.63, 3.8) is 0 Å². The fraction of sp³-hybridized carbons (Fsp3) is 0.286. The molecule has 0 fully saturated rings. The number of rotatable bonds is 6. The van der Waals surface area contributed by atoms with Crippen molar-refractivity contribution >= 4 is 17.6 Å². The molecule has 0 spiro atoms. The molecule has 2 rings (SSSR count). The Bertz CT molecular complexity index is 696. The normalized spacial score (nSPS) is 10.3. The van der Waals surface area contributed by atoms with Gasteiger partial charge >= 0.3 is 5.97 Å². The molecule has 0 aliphatic carbocycles. The van der Waals surface area contributed by atoms with Crippen LogP contribution in [0, 0.1) is 0 Å². The predicted molar refractivity (Wildman–Crippen MR) is 78.0 cm³/mol. The molecule has 0 bridgehead atoms. The number of methoxy groups -OCH3 is 1. The van der Waals surface area contributed by atoms with Crippen LogP contribution in [0.2, 0.25) is 0 Å². The van der Waals surface area contributed by atoms with Crippen molar-refractivity contribution in [2.75, 3.05) is 12.4 Å². The SMILES string of the molecule is CCc1c(C(=O)O)nnn1CC(=O)Nc1ccccc1OC. The van der Waals surface area contributed by atoms with Crippen molar-refractivity contribution in [3.8, 4) is 5.75 Å². The van der Waals surface area contributed by atoms with E-state index in [-0.39, 0.29) is 18.1 Å². The molecule has 0 saturated carbocycles. The lowest BCUT2D eigenvalue weighted by Crippen LogP contribution is -2.21. The van der Waals surface area contributed by atoms with Crippen LogP contribution < -0.4 is 10.1 Å². The number of carbonyl (C=O) groups excluding carboxylic acids is 1. The van der Waals surface area contributed by atoms with Gasteiger partial charge < -0.3 is 15.2 Å². The zero-order valence-electron chi connectivity index (χ0n) is 12.2. The van der Waals surface area contributed by atoms with Gasteiger partial charge in [0, 0.05) is 0 Å². The molecule has 22 heavy (non-hydrogen) atoms. The van der Waals surface area contributed by atoms with E-state index in [1.54, 1.807) is 31.2 Å². The molecule has 0 radical (unpaired) electrons. The molecule has 0 saturated heterocycles. The van der Waals surface area contributed by atoms with E-state index in [0.717, 1.165) is 0 Å². The fourth-order valence-electron chi connectivity index (χ4n) is 2.05. The molecule has 1 heterocycles. The van der Waals surface area contributed by atoms with Gasteiger partial charge in [0.2, 0.25) is 5.91 Å². The summed E-state index contributed by atoms with van der Waals surface area (Å²) in [7, 11) is 1.51. The molecule has 0 unspecified atom stereocenters. The first-order valence-corrected chi connectivity index (χ1v) is 6.65. The summed E-state index contributed by atoms with van der Waals surface area (Å²) >= 11 is 0. The van der Waals surface area contributed by atoms with Crippen molar-refractivity contribution < 1.29 is 19.4 Å². The van der Waals surface area contributed by atoms with E-state index in [2.05, 4.69) is 15.6 Å². The van der Waals surface area contributed by atoms with Crippen molar-refractivity contribution in [2.45, 2.75) is 19.9 Å². The van der Waals surface area contributed by atoms with Gasteiger partial charge in [0.25, 0.3) is 0 Å². The lowest BCUT2D eigenvalue weighted by atomic mass is 10.2. The van der Waals surface area contributed by atoms with E-state index < -0.39 is 5.97 Å². The highest BCUT2D eigenvalue weighted by molar-refractivity contribution is 5.92.